The predicted octanol–water partition coefficient (Wildman–Crippen LogP) is 2.83. The van der Waals surface area contributed by atoms with Crippen LogP contribution in [0.15, 0.2) is 56.0 Å². The van der Waals surface area contributed by atoms with Crippen LogP contribution in [0.1, 0.15) is 11.3 Å². The van der Waals surface area contributed by atoms with Crippen LogP contribution in [0.25, 0.3) is 0 Å². The Morgan fingerprint density at radius 3 is 2.71 bits per heavy atom. The van der Waals surface area contributed by atoms with Crippen LogP contribution in [0.2, 0.25) is 0 Å². The zero-order valence-corrected chi connectivity index (χ0v) is 10.1. The van der Waals surface area contributed by atoms with Crippen molar-refractivity contribution in [3.8, 4) is 0 Å². The van der Waals surface area contributed by atoms with Gasteiger partial charge in [0.1, 0.15) is 5.76 Å². The fourth-order valence-electron chi connectivity index (χ4n) is 1.42. The monoisotopic (exact) mass is 248 g/mol. The molecule has 0 aliphatic heterocycles. The minimum Gasteiger partial charge on any atom is -0.468 e. The third kappa shape index (κ3) is 2.45. The first-order chi connectivity index (χ1) is 8.22. The lowest BCUT2D eigenvalue weighted by molar-refractivity contribution is 0.318. The molecular formula is C12H12N2O2S. The van der Waals surface area contributed by atoms with Crippen LogP contribution in [-0.2, 0) is 0 Å². The maximum atomic E-state index is 8.73. The number of hydrogen-bond acceptors (Lipinski definition) is 4. The number of nitrogens with zero attached hydrogens (tertiary/aromatic N) is 1. The van der Waals surface area contributed by atoms with Gasteiger partial charge in [-0.3, -0.25) is 0 Å². The molecule has 0 unspecified atom stereocenters. The molecule has 0 aliphatic carbocycles. The molecule has 17 heavy (non-hydrogen) atoms. The zero-order chi connectivity index (χ0) is 12.3. The molecule has 0 spiro atoms. The number of nitrogens with two attached hydrogens (primary N) is 1. The number of hydrogen-bond donors (Lipinski definition) is 2. The van der Waals surface area contributed by atoms with Gasteiger partial charge in [0, 0.05) is 10.5 Å². The zero-order valence-electron chi connectivity index (χ0n) is 9.25. The highest BCUT2D eigenvalue weighted by Crippen LogP contribution is 2.32. The summed E-state index contributed by atoms with van der Waals surface area (Å²) in [5.41, 5.74) is 6.33. The fraction of sp³-hybridized carbons (Fsp3) is 0.0833. The molecule has 1 heterocycles. The maximum absolute atomic E-state index is 8.73. The topological polar surface area (TPSA) is 71.8 Å². The van der Waals surface area contributed by atoms with Gasteiger partial charge in [0.05, 0.1) is 11.2 Å². The second kappa shape index (κ2) is 4.97. The molecule has 0 saturated heterocycles. The Morgan fingerprint density at radius 1 is 1.29 bits per heavy atom. The van der Waals surface area contributed by atoms with Crippen LogP contribution in [-0.4, -0.2) is 11.0 Å². The fourth-order valence-corrected chi connectivity index (χ4v) is 2.40. The lowest BCUT2D eigenvalue weighted by Crippen LogP contribution is -2.13. The van der Waals surface area contributed by atoms with Crippen molar-refractivity contribution in [3.05, 3.63) is 47.9 Å². The van der Waals surface area contributed by atoms with Crippen molar-refractivity contribution >= 4 is 17.6 Å². The highest BCUT2D eigenvalue weighted by molar-refractivity contribution is 7.99. The molecule has 0 bridgehead atoms. The normalized spacial score (nSPS) is 11.7. The number of aryl methyl sites for hydroxylation is 1. The van der Waals surface area contributed by atoms with Gasteiger partial charge in [-0.2, -0.15) is 0 Å². The Bertz CT molecular complexity index is 549. The van der Waals surface area contributed by atoms with Crippen LogP contribution >= 0.6 is 11.8 Å². The minimum absolute atomic E-state index is 0.106. The Morgan fingerprint density at radius 2 is 2.06 bits per heavy atom. The van der Waals surface area contributed by atoms with Crippen LogP contribution in [0.3, 0.4) is 0 Å². The minimum atomic E-state index is 0.106. The van der Waals surface area contributed by atoms with E-state index in [4.69, 9.17) is 15.4 Å². The summed E-state index contributed by atoms with van der Waals surface area (Å²) in [6, 6.07) is 9.38. The van der Waals surface area contributed by atoms with E-state index < -0.39 is 0 Å². The van der Waals surface area contributed by atoms with E-state index in [-0.39, 0.29) is 5.84 Å². The Balaban J connectivity index is 2.36. The largest absolute Gasteiger partial charge is 0.468 e. The van der Waals surface area contributed by atoms with Gasteiger partial charge in [-0.15, -0.1) is 0 Å². The van der Waals surface area contributed by atoms with Gasteiger partial charge >= 0.3 is 0 Å². The van der Waals surface area contributed by atoms with Gasteiger partial charge in [0.15, 0.2) is 5.84 Å². The van der Waals surface area contributed by atoms with Crippen molar-refractivity contribution in [2.24, 2.45) is 10.9 Å². The molecule has 0 aliphatic rings. The van der Waals surface area contributed by atoms with Crippen molar-refractivity contribution < 1.29 is 9.62 Å². The molecule has 88 valence electrons. The second-order valence-corrected chi connectivity index (χ2v) is 4.51. The summed E-state index contributed by atoms with van der Waals surface area (Å²) in [4.78, 5) is 1.94. The molecule has 5 heteroatoms. The highest BCUT2D eigenvalue weighted by Gasteiger charge is 2.10. The van der Waals surface area contributed by atoms with Gasteiger partial charge in [0.2, 0.25) is 0 Å². The third-order valence-electron chi connectivity index (χ3n) is 2.30. The molecule has 0 fully saturated rings. The molecule has 1 aromatic carbocycles. The van der Waals surface area contributed by atoms with E-state index in [1.54, 1.807) is 6.26 Å². The summed E-state index contributed by atoms with van der Waals surface area (Å²) < 4.78 is 5.23. The lowest BCUT2D eigenvalue weighted by atomic mass is 10.2. The molecule has 1 aromatic heterocycles. The average Bonchev–Trinajstić information content (AvgIpc) is 2.75. The van der Waals surface area contributed by atoms with Crippen molar-refractivity contribution in [3.63, 3.8) is 0 Å². The van der Waals surface area contributed by atoms with E-state index in [1.807, 2.05) is 37.3 Å². The summed E-state index contributed by atoms with van der Waals surface area (Å²) in [6.45, 7) is 1.90. The molecular weight excluding hydrogens is 236 g/mol. The molecule has 0 radical (unpaired) electrons. The Hall–Kier alpha value is -1.88. The van der Waals surface area contributed by atoms with Gasteiger partial charge in [0.25, 0.3) is 0 Å². The van der Waals surface area contributed by atoms with Crippen molar-refractivity contribution in [2.45, 2.75) is 16.7 Å². The van der Waals surface area contributed by atoms with E-state index >= 15 is 0 Å². The Labute approximate surface area is 103 Å². The second-order valence-electron chi connectivity index (χ2n) is 3.42. The molecule has 0 atom stereocenters. The van der Waals surface area contributed by atoms with E-state index in [0.717, 1.165) is 15.6 Å². The number of amidine groups is 1. The average molecular weight is 248 g/mol. The highest BCUT2D eigenvalue weighted by atomic mass is 32.2. The van der Waals surface area contributed by atoms with Crippen molar-refractivity contribution in [1.82, 2.24) is 0 Å². The summed E-state index contributed by atoms with van der Waals surface area (Å²) in [7, 11) is 0. The van der Waals surface area contributed by atoms with E-state index in [9.17, 15) is 0 Å². The van der Waals surface area contributed by atoms with Crippen LogP contribution in [0, 0.1) is 6.92 Å². The summed E-state index contributed by atoms with van der Waals surface area (Å²) in [6.07, 6.45) is 1.64. The molecule has 2 aromatic rings. The smallest absolute Gasteiger partial charge is 0.171 e. The molecule has 2 rings (SSSR count). The van der Waals surface area contributed by atoms with Gasteiger partial charge in [-0.25, -0.2) is 0 Å². The maximum Gasteiger partial charge on any atom is 0.171 e. The quantitative estimate of drug-likeness (QED) is 0.379. The SMILES string of the molecule is Cc1occc1Sc1ccccc1/C(N)=N/O. The summed E-state index contributed by atoms with van der Waals surface area (Å²) >= 11 is 1.53. The first kappa shape index (κ1) is 11.6. The molecule has 3 N–H and O–H groups in total. The van der Waals surface area contributed by atoms with Crippen molar-refractivity contribution in [2.75, 3.05) is 0 Å². The first-order valence-electron chi connectivity index (χ1n) is 5.01. The lowest BCUT2D eigenvalue weighted by Gasteiger charge is -2.06. The van der Waals surface area contributed by atoms with E-state index in [2.05, 4.69) is 5.16 Å². The van der Waals surface area contributed by atoms with Crippen molar-refractivity contribution in [1.29, 1.82) is 0 Å². The summed E-state index contributed by atoms with van der Waals surface area (Å²) in [5.74, 6) is 0.957. The third-order valence-corrected chi connectivity index (χ3v) is 3.52. The number of oxime groups is 1. The van der Waals surface area contributed by atoms with Crippen LogP contribution in [0.4, 0.5) is 0 Å². The molecule has 0 saturated carbocycles. The Kier molecular flexibility index (Phi) is 3.39. The van der Waals surface area contributed by atoms with Crippen LogP contribution in [0.5, 0.6) is 0 Å². The summed E-state index contributed by atoms with van der Waals surface area (Å²) in [5, 5.41) is 11.8. The number of furan rings is 1. The molecule has 4 nitrogen and oxygen atoms in total. The predicted molar refractivity (Wildman–Crippen MR) is 66.5 cm³/mol. The number of benzene rings is 1. The van der Waals surface area contributed by atoms with Gasteiger partial charge in [-0.05, 0) is 19.1 Å². The van der Waals surface area contributed by atoms with E-state index in [0.29, 0.717) is 5.56 Å². The van der Waals surface area contributed by atoms with Gasteiger partial charge in [-0.1, -0.05) is 35.1 Å². The molecule has 0 amide bonds. The van der Waals surface area contributed by atoms with Crippen LogP contribution < -0.4 is 5.73 Å². The van der Waals surface area contributed by atoms with E-state index in [1.165, 1.54) is 11.8 Å². The standard InChI is InChI=1S/C12H12N2O2S/c1-8-10(6-7-16-8)17-11-5-3-2-4-9(11)12(13)14-15/h2-7,15H,1H3,(H2,13,14). The number of rotatable bonds is 3. The van der Waals surface area contributed by atoms with Gasteiger partial charge < -0.3 is 15.4 Å². The first-order valence-corrected chi connectivity index (χ1v) is 5.83.